The van der Waals surface area contributed by atoms with Crippen LogP contribution in [0.5, 0.6) is 0 Å². The first-order valence-electron chi connectivity index (χ1n) is 9.62. The van der Waals surface area contributed by atoms with E-state index < -0.39 is 6.04 Å². The molecule has 0 aromatic carbocycles. The van der Waals surface area contributed by atoms with Gasteiger partial charge < -0.3 is 24.8 Å². The summed E-state index contributed by atoms with van der Waals surface area (Å²) in [4.78, 5) is 39.2. The monoisotopic (exact) mass is 374 g/mol. The molecule has 9 nitrogen and oxygen atoms in total. The number of carbonyl (C=O) groups is 2. The van der Waals surface area contributed by atoms with E-state index in [4.69, 9.17) is 4.74 Å². The molecule has 3 aliphatic heterocycles. The molecule has 3 fully saturated rings. The fourth-order valence-corrected chi connectivity index (χ4v) is 3.82. The molecule has 1 aromatic heterocycles. The predicted molar refractivity (Wildman–Crippen MR) is 98.3 cm³/mol. The number of urea groups is 1. The van der Waals surface area contributed by atoms with Crippen LogP contribution in [0.3, 0.4) is 0 Å². The minimum Gasteiger partial charge on any atom is -0.368 e. The van der Waals surface area contributed by atoms with Crippen molar-refractivity contribution in [1.29, 1.82) is 0 Å². The average Bonchev–Trinajstić information content (AvgIpc) is 3.34. The van der Waals surface area contributed by atoms with Crippen molar-refractivity contribution in [3.63, 3.8) is 0 Å². The van der Waals surface area contributed by atoms with E-state index >= 15 is 0 Å². The first kappa shape index (κ1) is 18.0. The molecule has 0 unspecified atom stereocenters. The lowest BCUT2D eigenvalue weighted by Crippen LogP contribution is -2.51. The molecule has 1 N–H and O–H groups in total. The van der Waals surface area contributed by atoms with Gasteiger partial charge >= 0.3 is 6.03 Å². The van der Waals surface area contributed by atoms with Crippen molar-refractivity contribution in [1.82, 2.24) is 25.1 Å². The van der Waals surface area contributed by atoms with Crippen LogP contribution in [0.2, 0.25) is 0 Å². The molecule has 4 rings (SSSR count). The number of anilines is 1. The third-order valence-electron chi connectivity index (χ3n) is 5.46. The van der Waals surface area contributed by atoms with Crippen molar-refractivity contribution < 1.29 is 14.3 Å². The highest BCUT2D eigenvalue weighted by atomic mass is 16.5. The minimum atomic E-state index is -0.426. The van der Waals surface area contributed by atoms with Gasteiger partial charge in [-0.1, -0.05) is 0 Å². The largest absolute Gasteiger partial charge is 0.368 e. The van der Waals surface area contributed by atoms with Crippen molar-refractivity contribution in [2.24, 2.45) is 0 Å². The Morgan fingerprint density at radius 3 is 2.81 bits per heavy atom. The van der Waals surface area contributed by atoms with Crippen molar-refractivity contribution in [2.75, 3.05) is 51.3 Å². The predicted octanol–water partition coefficient (Wildman–Crippen LogP) is 0.390. The molecular formula is C18H26N6O3. The van der Waals surface area contributed by atoms with Gasteiger partial charge in [0, 0.05) is 39.4 Å². The number of likely N-dealkylation sites (tertiary alicyclic amines) is 1. The Morgan fingerprint density at radius 1 is 1.26 bits per heavy atom. The van der Waals surface area contributed by atoms with Gasteiger partial charge in [-0.25, -0.2) is 14.8 Å². The molecule has 4 heterocycles. The first-order valence-corrected chi connectivity index (χ1v) is 9.62. The molecule has 0 bridgehead atoms. The van der Waals surface area contributed by atoms with Crippen LogP contribution in [0, 0.1) is 0 Å². The lowest BCUT2D eigenvalue weighted by Gasteiger charge is -2.33. The zero-order valence-electron chi connectivity index (χ0n) is 15.6. The van der Waals surface area contributed by atoms with E-state index in [1.165, 1.54) is 0 Å². The molecule has 3 amide bonds. The normalized spacial score (nSPS) is 26.0. The van der Waals surface area contributed by atoms with Gasteiger partial charge in [-0.3, -0.25) is 4.79 Å². The molecule has 3 aliphatic rings. The summed E-state index contributed by atoms with van der Waals surface area (Å²) in [5.74, 6) is 0.703. The molecule has 3 saturated heterocycles. The molecule has 2 atom stereocenters. The third kappa shape index (κ3) is 3.83. The summed E-state index contributed by atoms with van der Waals surface area (Å²) in [5, 5.41) is 2.86. The Balaban J connectivity index is 1.40. The lowest BCUT2D eigenvalue weighted by atomic mass is 10.2. The number of nitrogens with zero attached hydrogens (tertiary/aromatic N) is 5. The second-order valence-electron chi connectivity index (χ2n) is 7.33. The maximum atomic E-state index is 12.6. The van der Waals surface area contributed by atoms with Crippen molar-refractivity contribution in [3.05, 3.63) is 18.0 Å². The minimum absolute atomic E-state index is 0.0285. The van der Waals surface area contributed by atoms with Gasteiger partial charge in [-0.2, -0.15) is 0 Å². The van der Waals surface area contributed by atoms with Gasteiger partial charge in [0.2, 0.25) is 11.9 Å². The second kappa shape index (κ2) is 7.67. The first-order chi connectivity index (χ1) is 13.1. The summed E-state index contributed by atoms with van der Waals surface area (Å²) >= 11 is 0. The number of ether oxygens (including phenoxy) is 1. The van der Waals surface area contributed by atoms with E-state index in [1.807, 2.05) is 6.07 Å². The number of hydrogen-bond donors (Lipinski definition) is 1. The highest BCUT2D eigenvalue weighted by Crippen LogP contribution is 2.23. The van der Waals surface area contributed by atoms with E-state index in [1.54, 1.807) is 23.0 Å². The maximum Gasteiger partial charge on any atom is 0.318 e. The quantitative estimate of drug-likeness (QED) is 0.823. The summed E-state index contributed by atoms with van der Waals surface area (Å²) < 4.78 is 5.86. The Hall–Kier alpha value is -2.42. The van der Waals surface area contributed by atoms with Crippen molar-refractivity contribution in [3.8, 4) is 0 Å². The molecule has 0 aliphatic carbocycles. The summed E-state index contributed by atoms with van der Waals surface area (Å²) in [5.41, 5.74) is 0.793. The molecule has 0 saturated carbocycles. The number of likely N-dealkylation sites (N-methyl/N-ethyl adjacent to an activating group) is 1. The molecular weight excluding hydrogens is 348 g/mol. The van der Waals surface area contributed by atoms with E-state index in [0.717, 1.165) is 37.6 Å². The summed E-state index contributed by atoms with van der Waals surface area (Å²) in [7, 11) is 1.76. The zero-order chi connectivity index (χ0) is 18.8. The molecule has 146 valence electrons. The highest BCUT2D eigenvalue weighted by molar-refractivity contribution is 5.88. The van der Waals surface area contributed by atoms with E-state index in [9.17, 15) is 9.59 Å². The summed E-state index contributed by atoms with van der Waals surface area (Å²) in [6.07, 6.45) is 4.45. The number of rotatable bonds is 3. The molecule has 0 spiro atoms. The van der Waals surface area contributed by atoms with Crippen LogP contribution < -0.4 is 10.2 Å². The van der Waals surface area contributed by atoms with Gasteiger partial charge in [-0.15, -0.1) is 0 Å². The van der Waals surface area contributed by atoms with Crippen molar-refractivity contribution >= 4 is 17.9 Å². The molecule has 0 radical (unpaired) electrons. The smallest absolute Gasteiger partial charge is 0.318 e. The van der Waals surface area contributed by atoms with Crippen LogP contribution in [0.4, 0.5) is 10.7 Å². The molecule has 9 heteroatoms. The third-order valence-corrected chi connectivity index (χ3v) is 5.46. The van der Waals surface area contributed by atoms with Gasteiger partial charge in [0.1, 0.15) is 12.1 Å². The van der Waals surface area contributed by atoms with Gasteiger partial charge in [0.25, 0.3) is 0 Å². The van der Waals surface area contributed by atoms with Crippen LogP contribution in [0.25, 0.3) is 0 Å². The topological polar surface area (TPSA) is 90.9 Å². The second-order valence-corrected chi connectivity index (χ2v) is 7.33. The Kier molecular flexibility index (Phi) is 5.11. The van der Waals surface area contributed by atoms with Gasteiger partial charge in [0.05, 0.1) is 18.8 Å². The fraction of sp³-hybridized carbons (Fsp3) is 0.667. The maximum absolute atomic E-state index is 12.6. The van der Waals surface area contributed by atoms with Crippen LogP contribution in [-0.4, -0.2) is 84.1 Å². The van der Waals surface area contributed by atoms with Crippen molar-refractivity contribution in [2.45, 2.75) is 31.4 Å². The zero-order valence-corrected chi connectivity index (χ0v) is 15.6. The average molecular weight is 374 g/mol. The van der Waals surface area contributed by atoms with E-state index in [2.05, 4.69) is 20.2 Å². The lowest BCUT2D eigenvalue weighted by molar-refractivity contribution is -0.128. The molecule has 27 heavy (non-hydrogen) atoms. The van der Waals surface area contributed by atoms with Crippen LogP contribution >= 0.6 is 0 Å². The Morgan fingerprint density at radius 2 is 2.07 bits per heavy atom. The van der Waals surface area contributed by atoms with Crippen LogP contribution in [0.1, 0.15) is 31.1 Å². The fourth-order valence-electron chi connectivity index (χ4n) is 3.82. The number of hydrogen-bond acceptors (Lipinski definition) is 6. The summed E-state index contributed by atoms with van der Waals surface area (Å²) in [6.45, 7) is 4.00. The van der Waals surface area contributed by atoms with Crippen LogP contribution in [0.15, 0.2) is 12.3 Å². The number of nitrogens with one attached hydrogen (secondary N) is 1. The Bertz CT molecular complexity index is 708. The number of morpholine rings is 1. The van der Waals surface area contributed by atoms with E-state index in [0.29, 0.717) is 32.7 Å². The standard InChI is InChI=1S/C18H26N6O3/c1-22-9-5-14(16(22)25)21-18(26)24-10-11-27-15(12-24)13-4-6-19-17(20-13)23-7-2-3-8-23/h4,6,14-15H,2-3,5,7-12H2,1H3,(H,21,26)/t14-,15-/m0/s1. The van der Waals surface area contributed by atoms with Gasteiger partial charge in [-0.05, 0) is 25.3 Å². The van der Waals surface area contributed by atoms with E-state index in [-0.39, 0.29) is 18.0 Å². The number of carbonyl (C=O) groups excluding carboxylic acids is 2. The molecule has 1 aromatic rings. The Labute approximate surface area is 158 Å². The number of aromatic nitrogens is 2. The number of amides is 3. The summed E-state index contributed by atoms with van der Waals surface area (Å²) in [6, 6.07) is 1.21. The SMILES string of the molecule is CN1CC[C@H](NC(=O)N2CCO[C@H](c3ccnc(N4CCCC4)n3)C2)C1=O. The van der Waals surface area contributed by atoms with Gasteiger partial charge in [0.15, 0.2) is 0 Å². The highest BCUT2D eigenvalue weighted by Gasteiger charge is 2.33. The van der Waals surface area contributed by atoms with Crippen LogP contribution in [-0.2, 0) is 9.53 Å².